The minimum absolute atomic E-state index is 0.379. The molecule has 1 amide bonds. The Morgan fingerprint density at radius 1 is 0.857 bits per heavy atom. The van der Waals surface area contributed by atoms with Crippen molar-refractivity contribution < 1.29 is 19.4 Å². The lowest BCUT2D eigenvalue weighted by Gasteiger charge is -2.15. The molecule has 178 valence electrons. The Morgan fingerprint density at radius 2 is 1.43 bits per heavy atom. The molecule has 7 heteroatoms. The number of anilines is 1. The number of amides is 1. The van der Waals surface area contributed by atoms with Gasteiger partial charge in [0, 0.05) is 0 Å². The van der Waals surface area contributed by atoms with Gasteiger partial charge in [-0.3, -0.25) is 10.1 Å². The summed E-state index contributed by atoms with van der Waals surface area (Å²) in [6.45, 7) is 5.36. The van der Waals surface area contributed by atoms with Gasteiger partial charge in [0.1, 0.15) is 6.10 Å². The summed E-state index contributed by atoms with van der Waals surface area (Å²) in [6, 6.07) is 25.1. The number of carbonyl (C=O) groups is 2. The van der Waals surface area contributed by atoms with Gasteiger partial charge >= 0.3 is 12.1 Å². The molecule has 4 rings (SSSR count). The molecule has 0 bridgehead atoms. The topological polar surface area (TPSA) is 88.5 Å². The summed E-state index contributed by atoms with van der Waals surface area (Å²) in [4.78, 5) is 24.6. The van der Waals surface area contributed by atoms with E-state index in [-0.39, 0.29) is 6.10 Å². The van der Waals surface area contributed by atoms with Crippen LogP contribution in [0.5, 0.6) is 0 Å². The van der Waals surface area contributed by atoms with Gasteiger partial charge in [0.2, 0.25) is 0 Å². The first-order valence-electron chi connectivity index (χ1n) is 11.3. The lowest BCUT2D eigenvalue weighted by molar-refractivity contribution is -0.138. The molecular weight excluding hydrogens is 460 g/mol. The molecule has 0 saturated carbocycles. The summed E-state index contributed by atoms with van der Waals surface area (Å²) in [7, 11) is 0. The van der Waals surface area contributed by atoms with E-state index in [2.05, 4.69) is 9.69 Å². The molecule has 3 aromatic carbocycles. The van der Waals surface area contributed by atoms with Crippen molar-refractivity contribution in [3.8, 4) is 21.6 Å². The van der Waals surface area contributed by atoms with E-state index in [1.165, 1.54) is 11.5 Å². The fraction of sp³-hybridized carbons (Fsp3) is 0.179. The van der Waals surface area contributed by atoms with Gasteiger partial charge in [-0.05, 0) is 60.1 Å². The molecule has 35 heavy (non-hydrogen) atoms. The Labute approximate surface area is 208 Å². The van der Waals surface area contributed by atoms with E-state index < -0.39 is 18.0 Å². The number of aryl methyl sites for hydroxylation is 1. The molecule has 4 aromatic rings. The number of hydrogen-bond donors (Lipinski definition) is 2. The molecule has 0 radical (unpaired) electrons. The number of benzene rings is 3. The number of ether oxygens (including phenoxy) is 1. The van der Waals surface area contributed by atoms with Crippen LogP contribution in [0.4, 0.5) is 10.5 Å². The summed E-state index contributed by atoms with van der Waals surface area (Å²) < 4.78 is 9.99. The van der Waals surface area contributed by atoms with Crippen LogP contribution < -0.4 is 5.32 Å². The van der Waals surface area contributed by atoms with Gasteiger partial charge in [-0.15, -0.1) is 0 Å². The molecule has 1 unspecified atom stereocenters. The van der Waals surface area contributed by atoms with Gasteiger partial charge in [-0.25, -0.2) is 4.79 Å². The molecule has 0 aliphatic carbocycles. The molecule has 0 fully saturated rings. The Morgan fingerprint density at radius 3 is 2.03 bits per heavy atom. The van der Waals surface area contributed by atoms with Crippen molar-refractivity contribution in [2.75, 3.05) is 5.32 Å². The molecule has 2 atom stereocenters. The zero-order chi connectivity index (χ0) is 24.9. The number of hydrogen-bond acceptors (Lipinski definition) is 5. The molecule has 0 aliphatic rings. The van der Waals surface area contributed by atoms with Gasteiger partial charge in [0.15, 0.2) is 0 Å². The zero-order valence-electron chi connectivity index (χ0n) is 19.7. The predicted octanol–water partition coefficient (Wildman–Crippen LogP) is 7.28. The third-order valence-electron chi connectivity index (χ3n) is 5.90. The van der Waals surface area contributed by atoms with Crippen LogP contribution in [0, 0.1) is 6.92 Å². The van der Waals surface area contributed by atoms with Crippen LogP contribution in [-0.4, -0.2) is 21.5 Å². The molecule has 0 spiro atoms. The van der Waals surface area contributed by atoms with E-state index in [0.29, 0.717) is 5.69 Å². The fourth-order valence-electron chi connectivity index (χ4n) is 3.72. The fourth-order valence-corrected chi connectivity index (χ4v) is 4.57. The standard InChI is InChI=1S/C28H26N2O4S/c1-17(27(31)32)20-9-11-22(12-10-20)23-13-15-24(16-14-23)26-25(18(2)30-35-26)29-28(33)34-19(3)21-7-5-4-6-8-21/h4-17,19H,1-3H3,(H,29,33)(H,31,32)/t17?,19-/m1/s1. The highest BCUT2D eigenvalue weighted by Gasteiger charge is 2.18. The van der Waals surface area contributed by atoms with Crippen LogP contribution in [0.15, 0.2) is 78.9 Å². The number of aromatic nitrogens is 1. The average Bonchev–Trinajstić information content (AvgIpc) is 3.23. The Bertz CT molecular complexity index is 1320. The van der Waals surface area contributed by atoms with Gasteiger partial charge in [-0.2, -0.15) is 4.37 Å². The largest absolute Gasteiger partial charge is 0.481 e. The molecule has 2 N–H and O–H groups in total. The maximum Gasteiger partial charge on any atom is 0.412 e. The smallest absolute Gasteiger partial charge is 0.412 e. The summed E-state index contributed by atoms with van der Waals surface area (Å²) in [5, 5.41) is 12.1. The van der Waals surface area contributed by atoms with Crippen molar-refractivity contribution in [3.05, 3.63) is 95.7 Å². The monoisotopic (exact) mass is 486 g/mol. The molecule has 1 aromatic heterocycles. The lowest BCUT2D eigenvalue weighted by Crippen LogP contribution is -2.16. The van der Waals surface area contributed by atoms with E-state index in [9.17, 15) is 14.7 Å². The van der Waals surface area contributed by atoms with Gasteiger partial charge in [0.05, 0.1) is 22.2 Å². The van der Waals surface area contributed by atoms with Crippen LogP contribution in [0.1, 0.15) is 42.7 Å². The summed E-state index contributed by atoms with van der Waals surface area (Å²) in [5.74, 6) is -1.39. The number of aliphatic carboxylic acids is 1. The average molecular weight is 487 g/mol. The van der Waals surface area contributed by atoms with E-state index in [1.807, 2.05) is 92.7 Å². The highest BCUT2D eigenvalue weighted by molar-refractivity contribution is 7.10. The summed E-state index contributed by atoms with van der Waals surface area (Å²) in [5.41, 5.74) is 5.99. The first-order valence-corrected chi connectivity index (χ1v) is 12.0. The quantitative estimate of drug-likeness (QED) is 0.286. The minimum Gasteiger partial charge on any atom is -0.481 e. The Kier molecular flexibility index (Phi) is 7.27. The van der Waals surface area contributed by atoms with Crippen LogP contribution in [0.3, 0.4) is 0 Å². The van der Waals surface area contributed by atoms with E-state index in [0.717, 1.165) is 38.4 Å². The van der Waals surface area contributed by atoms with Crippen LogP contribution in [-0.2, 0) is 9.53 Å². The van der Waals surface area contributed by atoms with Crippen molar-refractivity contribution in [2.45, 2.75) is 32.8 Å². The third kappa shape index (κ3) is 5.58. The van der Waals surface area contributed by atoms with E-state index in [4.69, 9.17) is 4.74 Å². The van der Waals surface area contributed by atoms with Crippen LogP contribution >= 0.6 is 11.5 Å². The summed E-state index contributed by atoms with van der Waals surface area (Å²) >= 11 is 1.32. The van der Waals surface area contributed by atoms with Gasteiger partial charge < -0.3 is 9.84 Å². The van der Waals surface area contributed by atoms with Crippen molar-refractivity contribution in [3.63, 3.8) is 0 Å². The number of carboxylic acids is 1. The summed E-state index contributed by atoms with van der Waals surface area (Å²) in [6.07, 6.45) is -0.908. The second-order valence-corrected chi connectivity index (χ2v) is 9.09. The van der Waals surface area contributed by atoms with Crippen LogP contribution in [0.2, 0.25) is 0 Å². The number of nitrogens with one attached hydrogen (secondary N) is 1. The zero-order valence-corrected chi connectivity index (χ0v) is 20.5. The minimum atomic E-state index is -0.843. The number of carbonyl (C=O) groups excluding carboxylic acids is 1. The maximum absolute atomic E-state index is 12.6. The van der Waals surface area contributed by atoms with Crippen molar-refractivity contribution in [1.82, 2.24) is 4.37 Å². The number of nitrogens with zero attached hydrogens (tertiary/aromatic N) is 1. The second-order valence-electron chi connectivity index (χ2n) is 8.31. The number of carboxylic acid groups (broad SMARTS) is 1. The van der Waals surface area contributed by atoms with E-state index >= 15 is 0 Å². The first kappa shape index (κ1) is 24.2. The van der Waals surface area contributed by atoms with Crippen molar-refractivity contribution in [2.24, 2.45) is 0 Å². The normalized spacial score (nSPS) is 12.5. The lowest BCUT2D eigenvalue weighted by atomic mass is 9.97. The highest BCUT2D eigenvalue weighted by Crippen LogP contribution is 2.36. The van der Waals surface area contributed by atoms with Crippen molar-refractivity contribution in [1.29, 1.82) is 0 Å². The number of rotatable bonds is 7. The SMILES string of the molecule is Cc1nsc(-c2ccc(-c3ccc(C(C)C(=O)O)cc3)cc2)c1NC(=O)O[C@H](C)c1ccccc1. The Balaban J connectivity index is 1.48. The highest BCUT2D eigenvalue weighted by atomic mass is 32.1. The molecule has 0 saturated heterocycles. The second kappa shape index (κ2) is 10.5. The predicted molar refractivity (Wildman–Crippen MR) is 139 cm³/mol. The van der Waals surface area contributed by atoms with Crippen LogP contribution in [0.25, 0.3) is 21.6 Å². The molecule has 1 heterocycles. The first-order chi connectivity index (χ1) is 16.8. The third-order valence-corrected chi connectivity index (χ3v) is 6.89. The Hall–Kier alpha value is -3.97. The molecular formula is C28H26N2O4S. The van der Waals surface area contributed by atoms with Gasteiger partial charge in [0.25, 0.3) is 0 Å². The molecule has 6 nitrogen and oxygen atoms in total. The van der Waals surface area contributed by atoms with E-state index in [1.54, 1.807) is 6.92 Å². The van der Waals surface area contributed by atoms with Gasteiger partial charge in [-0.1, -0.05) is 78.9 Å². The maximum atomic E-state index is 12.6. The molecule has 0 aliphatic heterocycles. The van der Waals surface area contributed by atoms with Crippen molar-refractivity contribution >= 4 is 29.3 Å².